The molecule has 162 valence electrons. The Balaban J connectivity index is 1.21. The highest BCUT2D eigenvalue weighted by atomic mass is 32.2. The van der Waals surface area contributed by atoms with Crippen molar-refractivity contribution in [3.05, 3.63) is 41.9 Å². The number of fused-ring (bicyclic) bond motifs is 6. The summed E-state index contributed by atoms with van der Waals surface area (Å²) in [6, 6.07) is 5.50. The zero-order valence-electron chi connectivity index (χ0n) is 16.9. The van der Waals surface area contributed by atoms with Crippen LogP contribution in [0.1, 0.15) is 13.3 Å². The van der Waals surface area contributed by atoms with E-state index in [0.29, 0.717) is 10.8 Å². The third-order valence-electron chi connectivity index (χ3n) is 6.39. The number of aromatic nitrogens is 2. The third-order valence-corrected chi connectivity index (χ3v) is 9.29. The second kappa shape index (κ2) is 7.50. The SMILES string of the molecule is C[C@H](Sc1nc2ccc(N3C(=O)[C@@H]4[C@H](C3=O)[C@H]3C=C[C@H]4C3)cc2s1)C(=O)Nc1nccs1. The fourth-order valence-electron chi connectivity index (χ4n) is 4.94. The summed E-state index contributed by atoms with van der Waals surface area (Å²) in [5, 5.41) is 4.84. The van der Waals surface area contributed by atoms with Crippen LogP contribution >= 0.6 is 34.4 Å². The molecule has 3 heterocycles. The van der Waals surface area contributed by atoms with Crippen LogP contribution in [-0.2, 0) is 14.4 Å². The van der Waals surface area contributed by atoms with Gasteiger partial charge in [0.1, 0.15) is 0 Å². The number of amides is 3. The summed E-state index contributed by atoms with van der Waals surface area (Å²) >= 11 is 4.21. The number of carbonyl (C=O) groups excluding carboxylic acids is 3. The summed E-state index contributed by atoms with van der Waals surface area (Å²) in [7, 11) is 0. The molecule has 3 aliphatic rings. The molecule has 10 heteroatoms. The van der Waals surface area contributed by atoms with Crippen LogP contribution in [0.5, 0.6) is 0 Å². The van der Waals surface area contributed by atoms with Crippen LogP contribution in [0.3, 0.4) is 0 Å². The van der Waals surface area contributed by atoms with Gasteiger partial charge in [-0.05, 0) is 43.4 Å². The lowest BCUT2D eigenvalue weighted by Crippen LogP contribution is -2.32. The van der Waals surface area contributed by atoms with E-state index in [0.717, 1.165) is 21.0 Å². The summed E-state index contributed by atoms with van der Waals surface area (Å²) in [4.78, 5) is 48.6. The molecule has 3 aromatic rings. The molecule has 1 N–H and O–H groups in total. The second-order valence-electron chi connectivity index (χ2n) is 8.23. The quantitative estimate of drug-likeness (QED) is 0.333. The van der Waals surface area contributed by atoms with Crippen molar-refractivity contribution in [2.45, 2.75) is 22.9 Å². The number of rotatable bonds is 5. The maximum Gasteiger partial charge on any atom is 0.239 e. The fraction of sp³-hybridized carbons (Fsp3) is 0.318. The molecule has 1 saturated carbocycles. The van der Waals surface area contributed by atoms with Crippen molar-refractivity contribution in [2.75, 3.05) is 10.2 Å². The van der Waals surface area contributed by atoms with Crippen molar-refractivity contribution in [3.63, 3.8) is 0 Å². The topological polar surface area (TPSA) is 92.3 Å². The van der Waals surface area contributed by atoms with E-state index in [4.69, 9.17) is 0 Å². The Hall–Kier alpha value is -2.56. The highest BCUT2D eigenvalue weighted by Gasteiger charge is 2.59. The normalized spacial score (nSPS) is 26.8. The maximum absolute atomic E-state index is 13.1. The molecule has 1 saturated heterocycles. The predicted octanol–water partition coefficient (Wildman–Crippen LogP) is 4.18. The lowest BCUT2D eigenvalue weighted by molar-refractivity contribution is -0.123. The largest absolute Gasteiger partial charge is 0.301 e. The van der Waals surface area contributed by atoms with E-state index in [1.54, 1.807) is 12.3 Å². The van der Waals surface area contributed by atoms with Crippen LogP contribution in [0.25, 0.3) is 10.2 Å². The first-order valence-electron chi connectivity index (χ1n) is 10.3. The Kier molecular flexibility index (Phi) is 4.70. The fourth-order valence-corrected chi connectivity index (χ4v) is 7.71. The molecule has 2 aliphatic carbocycles. The summed E-state index contributed by atoms with van der Waals surface area (Å²) in [6.45, 7) is 1.83. The highest BCUT2D eigenvalue weighted by Crippen LogP contribution is 2.53. The average Bonchev–Trinajstić information content (AvgIpc) is 3.57. The Labute approximate surface area is 195 Å². The van der Waals surface area contributed by atoms with Crippen LogP contribution in [-0.4, -0.2) is 32.9 Å². The highest BCUT2D eigenvalue weighted by molar-refractivity contribution is 8.02. The van der Waals surface area contributed by atoms with Crippen molar-refractivity contribution in [2.24, 2.45) is 23.7 Å². The van der Waals surface area contributed by atoms with Gasteiger partial charge in [-0.15, -0.1) is 22.7 Å². The number of allylic oxidation sites excluding steroid dienone is 2. The molecule has 3 amide bonds. The van der Waals surface area contributed by atoms with Gasteiger partial charge in [0.25, 0.3) is 0 Å². The van der Waals surface area contributed by atoms with E-state index in [1.165, 1.54) is 39.3 Å². The van der Waals surface area contributed by atoms with Crippen LogP contribution in [0, 0.1) is 23.7 Å². The Morgan fingerprint density at radius 1 is 1.22 bits per heavy atom. The van der Waals surface area contributed by atoms with E-state index in [2.05, 4.69) is 27.4 Å². The lowest BCUT2D eigenvalue weighted by Gasteiger charge is -2.17. The molecule has 1 aromatic carbocycles. The number of nitrogens with one attached hydrogen (secondary N) is 1. The number of hydrogen-bond donors (Lipinski definition) is 1. The van der Waals surface area contributed by atoms with Gasteiger partial charge in [0.2, 0.25) is 17.7 Å². The minimum Gasteiger partial charge on any atom is -0.301 e. The van der Waals surface area contributed by atoms with Gasteiger partial charge in [0, 0.05) is 11.6 Å². The Morgan fingerprint density at radius 2 is 1.97 bits per heavy atom. The molecule has 0 unspecified atom stereocenters. The van der Waals surface area contributed by atoms with E-state index >= 15 is 0 Å². The first-order valence-corrected chi connectivity index (χ1v) is 12.9. The number of hydrogen-bond acceptors (Lipinski definition) is 8. The molecular formula is C22H18N4O3S3. The summed E-state index contributed by atoms with van der Waals surface area (Å²) in [6.07, 6.45) is 6.77. The molecule has 1 aliphatic heterocycles. The lowest BCUT2D eigenvalue weighted by atomic mass is 9.85. The first kappa shape index (κ1) is 20.1. The van der Waals surface area contributed by atoms with E-state index in [9.17, 15) is 14.4 Å². The standard InChI is InChI=1S/C22H18N4O3S3/c1-10(18(27)25-21-23-6-7-30-21)31-22-24-14-5-4-13(9-15(14)32-22)26-19(28)16-11-2-3-12(8-11)17(16)20(26)29/h2-7,9-12,16-17H,8H2,1H3,(H,23,25,27)/t10-,11-,12-,16-,17+/m0/s1. The second-order valence-corrected chi connectivity index (χ2v) is 11.7. The van der Waals surface area contributed by atoms with Crippen LogP contribution < -0.4 is 10.2 Å². The molecule has 0 radical (unpaired) electrons. The molecule has 2 bridgehead atoms. The number of nitrogens with zero attached hydrogens (tertiary/aromatic N) is 3. The molecular weight excluding hydrogens is 464 g/mol. The third kappa shape index (κ3) is 3.12. The molecule has 5 atom stereocenters. The van der Waals surface area contributed by atoms with E-state index < -0.39 is 0 Å². The molecule has 32 heavy (non-hydrogen) atoms. The number of benzene rings is 1. The Morgan fingerprint density at radius 3 is 2.66 bits per heavy atom. The molecule has 0 spiro atoms. The Bertz CT molecular complexity index is 1250. The summed E-state index contributed by atoms with van der Waals surface area (Å²) < 4.78 is 1.65. The number of imide groups is 1. The summed E-state index contributed by atoms with van der Waals surface area (Å²) in [5.41, 5.74) is 1.39. The minimum absolute atomic E-state index is 0.0807. The maximum atomic E-state index is 13.1. The summed E-state index contributed by atoms with van der Waals surface area (Å²) in [5.74, 6) is -0.327. The smallest absolute Gasteiger partial charge is 0.239 e. The van der Waals surface area contributed by atoms with Gasteiger partial charge in [0.15, 0.2) is 9.47 Å². The van der Waals surface area contributed by atoms with Gasteiger partial charge >= 0.3 is 0 Å². The molecule has 7 nitrogen and oxygen atoms in total. The van der Waals surface area contributed by atoms with Crippen molar-refractivity contribution in [1.29, 1.82) is 0 Å². The zero-order chi connectivity index (χ0) is 22.0. The van der Waals surface area contributed by atoms with E-state index in [1.807, 2.05) is 24.4 Å². The van der Waals surface area contributed by atoms with Gasteiger partial charge in [-0.1, -0.05) is 23.9 Å². The van der Waals surface area contributed by atoms with Crippen LogP contribution in [0.2, 0.25) is 0 Å². The average molecular weight is 483 g/mol. The number of carbonyl (C=O) groups is 3. The first-order chi connectivity index (χ1) is 15.5. The van der Waals surface area contributed by atoms with E-state index in [-0.39, 0.29) is 46.6 Å². The van der Waals surface area contributed by atoms with Gasteiger partial charge in [-0.25, -0.2) is 14.9 Å². The molecule has 6 rings (SSSR count). The van der Waals surface area contributed by atoms with Crippen LogP contribution in [0.15, 0.2) is 46.3 Å². The number of anilines is 2. The van der Waals surface area contributed by atoms with Crippen molar-refractivity contribution in [1.82, 2.24) is 9.97 Å². The van der Waals surface area contributed by atoms with Crippen molar-refractivity contribution in [3.8, 4) is 0 Å². The van der Waals surface area contributed by atoms with Gasteiger partial charge in [0.05, 0.1) is 33.0 Å². The molecule has 2 fully saturated rings. The number of thioether (sulfide) groups is 1. The predicted molar refractivity (Wildman–Crippen MR) is 126 cm³/mol. The van der Waals surface area contributed by atoms with Crippen molar-refractivity contribution < 1.29 is 14.4 Å². The monoisotopic (exact) mass is 482 g/mol. The van der Waals surface area contributed by atoms with Gasteiger partial charge < -0.3 is 5.32 Å². The zero-order valence-corrected chi connectivity index (χ0v) is 19.4. The number of thiazole rings is 2. The van der Waals surface area contributed by atoms with Gasteiger partial charge in [-0.2, -0.15) is 0 Å². The van der Waals surface area contributed by atoms with Crippen molar-refractivity contribution >= 4 is 73.2 Å². The minimum atomic E-state index is -0.344. The molecule has 2 aromatic heterocycles. The van der Waals surface area contributed by atoms with Crippen LogP contribution in [0.4, 0.5) is 10.8 Å². The van der Waals surface area contributed by atoms with Gasteiger partial charge in [-0.3, -0.25) is 14.4 Å².